The highest BCUT2D eigenvalue weighted by atomic mass is 19.1. The number of aliphatic carboxylic acids is 1. The number of aliphatic hydroxyl groups is 1. The van der Waals surface area contributed by atoms with Crippen LogP contribution in [0.5, 0.6) is 0 Å². The lowest BCUT2D eigenvalue weighted by Crippen LogP contribution is -2.64. The fourth-order valence-corrected chi connectivity index (χ4v) is 3.39. The minimum absolute atomic E-state index is 0.134. The molecule has 6 atom stereocenters. The average Bonchev–Trinajstić information content (AvgIpc) is 2.62. The average molecular weight is 370 g/mol. The third-order valence-electron chi connectivity index (χ3n) is 4.96. The van der Waals surface area contributed by atoms with Crippen molar-refractivity contribution in [1.82, 2.24) is 0 Å². The number of fused-ring (bicyclic) bond motifs is 2. The predicted molar refractivity (Wildman–Crippen MR) is 96.5 cm³/mol. The van der Waals surface area contributed by atoms with Crippen LogP contribution in [0.4, 0.5) is 4.39 Å². The standard InChI is InChI=1S/C20H31FO5/c1-2-3-6-9-14(22)12-13-16-15(19-18(21)20(25-16)26-19)10-7-4-5-8-11-17(23)24/h4,7,12-16,18-20,22H,2-3,5-6,8-11H2,1H3,(H,23,24)/b7-4-,13-12+/t14-,15+,16+,18+,19+,20+/m0/s1. The van der Waals surface area contributed by atoms with Gasteiger partial charge in [-0.3, -0.25) is 4.79 Å². The molecule has 148 valence electrons. The van der Waals surface area contributed by atoms with E-state index < -0.39 is 30.6 Å². The molecule has 0 aromatic carbocycles. The Morgan fingerprint density at radius 2 is 2.04 bits per heavy atom. The van der Waals surface area contributed by atoms with Crippen LogP contribution in [0.1, 0.15) is 58.3 Å². The molecule has 3 heterocycles. The van der Waals surface area contributed by atoms with E-state index in [-0.39, 0.29) is 18.4 Å². The highest BCUT2D eigenvalue weighted by Crippen LogP contribution is 2.42. The van der Waals surface area contributed by atoms with Crippen LogP contribution in [0.25, 0.3) is 0 Å². The predicted octanol–water partition coefficient (Wildman–Crippen LogP) is 3.76. The molecule has 0 unspecified atom stereocenters. The lowest BCUT2D eigenvalue weighted by atomic mass is 9.83. The summed E-state index contributed by atoms with van der Waals surface area (Å²) < 4.78 is 25.0. The number of rotatable bonds is 12. The number of allylic oxidation sites excluding steroid dienone is 2. The zero-order valence-electron chi connectivity index (χ0n) is 15.4. The minimum atomic E-state index is -1.10. The molecule has 3 fully saturated rings. The van der Waals surface area contributed by atoms with Gasteiger partial charge in [0.15, 0.2) is 12.5 Å². The fraction of sp³-hybridized carbons (Fsp3) is 0.750. The second kappa shape index (κ2) is 10.8. The molecular weight excluding hydrogens is 339 g/mol. The topological polar surface area (TPSA) is 76.0 Å². The van der Waals surface area contributed by atoms with Gasteiger partial charge in [0.05, 0.1) is 12.2 Å². The third kappa shape index (κ3) is 6.18. The first-order valence-corrected chi connectivity index (χ1v) is 9.71. The van der Waals surface area contributed by atoms with E-state index in [9.17, 15) is 14.3 Å². The van der Waals surface area contributed by atoms with Gasteiger partial charge in [-0.1, -0.05) is 50.5 Å². The van der Waals surface area contributed by atoms with Gasteiger partial charge < -0.3 is 19.7 Å². The van der Waals surface area contributed by atoms with Crippen molar-refractivity contribution in [3.05, 3.63) is 24.3 Å². The molecule has 0 radical (unpaired) electrons. The van der Waals surface area contributed by atoms with Gasteiger partial charge in [0.1, 0.15) is 6.10 Å². The van der Waals surface area contributed by atoms with Crippen molar-refractivity contribution in [2.24, 2.45) is 5.92 Å². The number of ether oxygens (including phenoxy) is 2. The lowest BCUT2D eigenvalue weighted by molar-refractivity contribution is -0.374. The number of hydrogen-bond donors (Lipinski definition) is 2. The van der Waals surface area contributed by atoms with E-state index in [1.807, 2.05) is 18.2 Å². The molecule has 0 aromatic rings. The monoisotopic (exact) mass is 370 g/mol. The molecule has 0 amide bonds. The summed E-state index contributed by atoms with van der Waals surface area (Å²) in [6.07, 6.45) is 10.3. The molecule has 0 aromatic heterocycles. The third-order valence-corrected chi connectivity index (χ3v) is 4.96. The van der Waals surface area contributed by atoms with Gasteiger partial charge in [0.25, 0.3) is 0 Å². The second-order valence-electron chi connectivity index (χ2n) is 7.12. The summed E-state index contributed by atoms with van der Waals surface area (Å²) in [6.45, 7) is 2.12. The van der Waals surface area contributed by atoms with E-state index in [2.05, 4.69) is 6.92 Å². The number of halogens is 1. The van der Waals surface area contributed by atoms with E-state index >= 15 is 0 Å². The van der Waals surface area contributed by atoms with Gasteiger partial charge in [-0.2, -0.15) is 0 Å². The van der Waals surface area contributed by atoms with Crippen LogP contribution >= 0.6 is 0 Å². The maximum Gasteiger partial charge on any atom is 0.303 e. The van der Waals surface area contributed by atoms with Crippen LogP contribution in [0.15, 0.2) is 24.3 Å². The summed E-state index contributed by atoms with van der Waals surface area (Å²) in [7, 11) is 0. The van der Waals surface area contributed by atoms with Crippen molar-refractivity contribution in [2.75, 3.05) is 0 Å². The first kappa shape index (κ1) is 21.1. The molecule has 3 rings (SSSR count). The number of aliphatic hydroxyl groups excluding tert-OH is 1. The summed E-state index contributed by atoms with van der Waals surface area (Å²) in [6, 6.07) is 0. The van der Waals surface area contributed by atoms with Gasteiger partial charge in [0.2, 0.25) is 0 Å². The van der Waals surface area contributed by atoms with Gasteiger partial charge in [-0.05, 0) is 25.7 Å². The van der Waals surface area contributed by atoms with Gasteiger partial charge >= 0.3 is 5.97 Å². The van der Waals surface area contributed by atoms with Gasteiger partial charge in [0, 0.05) is 12.3 Å². The molecule has 0 saturated carbocycles. The molecule has 3 aliphatic rings. The second-order valence-corrected chi connectivity index (χ2v) is 7.12. The van der Waals surface area contributed by atoms with E-state index in [0.717, 1.165) is 25.7 Å². The quantitative estimate of drug-likeness (QED) is 0.404. The zero-order chi connectivity index (χ0) is 18.9. The van der Waals surface area contributed by atoms with Crippen LogP contribution < -0.4 is 0 Å². The van der Waals surface area contributed by atoms with Gasteiger partial charge in [-0.25, -0.2) is 4.39 Å². The Kier molecular flexibility index (Phi) is 8.75. The summed E-state index contributed by atoms with van der Waals surface area (Å²) in [5, 5.41) is 18.7. The molecule has 5 nitrogen and oxygen atoms in total. The molecule has 3 aliphatic heterocycles. The molecule has 3 saturated heterocycles. The molecule has 26 heavy (non-hydrogen) atoms. The van der Waals surface area contributed by atoms with E-state index in [0.29, 0.717) is 19.3 Å². The highest BCUT2D eigenvalue weighted by Gasteiger charge is 2.55. The van der Waals surface area contributed by atoms with E-state index in [4.69, 9.17) is 14.6 Å². The van der Waals surface area contributed by atoms with Crippen LogP contribution in [0, 0.1) is 5.92 Å². The molecule has 0 spiro atoms. The Labute approximate surface area is 154 Å². The molecule has 6 heteroatoms. The number of hydrogen-bond acceptors (Lipinski definition) is 4. The summed E-state index contributed by atoms with van der Waals surface area (Å²) >= 11 is 0. The molecule has 2 N–H and O–H groups in total. The smallest absolute Gasteiger partial charge is 0.303 e. The Hall–Kier alpha value is -1.24. The summed E-state index contributed by atoms with van der Waals surface area (Å²) in [4.78, 5) is 10.5. The van der Waals surface area contributed by atoms with Crippen LogP contribution in [-0.2, 0) is 14.3 Å². The van der Waals surface area contributed by atoms with Crippen LogP contribution in [0.3, 0.4) is 0 Å². The SMILES string of the molecule is CCCCC[C@H](O)/C=C/[C@H]1O[C@@H]2O[C@@H]([C@H]2F)[C@@H]1C/C=C\CCCC(=O)O. The Morgan fingerprint density at radius 3 is 2.73 bits per heavy atom. The highest BCUT2D eigenvalue weighted by molar-refractivity contribution is 5.66. The lowest BCUT2D eigenvalue weighted by Gasteiger charge is -2.51. The first-order chi connectivity index (χ1) is 12.5. The van der Waals surface area contributed by atoms with Crippen molar-refractivity contribution in [2.45, 2.75) is 89.1 Å². The number of carboxylic acid groups (broad SMARTS) is 1. The maximum atomic E-state index is 14.0. The number of carbonyl (C=O) groups is 1. The van der Waals surface area contributed by atoms with Gasteiger partial charge in [-0.15, -0.1) is 0 Å². The van der Waals surface area contributed by atoms with Crippen molar-refractivity contribution in [3.8, 4) is 0 Å². The fourth-order valence-electron chi connectivity index (χ4n) is 3.39. The Morgan fingerprint density at radius 1 is 1.23 bits per heavy atom. The number of alkyl halides is 1. The van der Waals surface area contributed by atoms with Crippen molar-refractivity contribution in [3.63, 3.8) is 0 Å². The Bertz CT molecular complexity index is 493. The normalized spacial score (nSPS) is 32.0. The van der Waals surface area contributed by atoms with Crippen molar-refractivity contribution >= 4 is 5.97 Å². The maximum absolute atomic E-state index is 14.0. The van der Waals surface area contributed by atoms with Crippen molar-refractivity contribution in [1.29, 1.82) is 0 Å². The van der Waals surface area contributed by atoms with Crippen molar-refractivity contribution < 1.29 is 28.9 Å². The van der Waals surface area contributed by atoms with Crippen LogP contribution in [-0.4, -0.2) is 47.0 Å². The van der Waals surface area contributed by atoms with Crippen LogP contribution in [0.2, 0.25) is 0 Å². The van der Waals surface area contributed by atoms with E-state index in [1.165, 1.54) is 0 Å². The minimum Gasteiger partial charge on any atom is -0.481 e. The Balaban J connectivity index is 1.82. The number of carboxylic acids is 1. The molecule has 0 aliphatic carbocycles. The first-order valence-electron chi connectivity index (χ1n) is 9.71. The summed E-state index contributed by atoms with van der Waals surface area (Å²) in [5.74, 6) is -0.930. The summed E-state index contributed by atoms with van der Waals surface area (Å²) in [5.41, 5.74) is 0. The molecule has 2 bridgehead atoms. The number of unbranched alkanes of at least 4 members (excludes halogenated alkanes) is 3. The van der Waals surface area contributed by atoms with E-state index in [1.54, 1.807) is 6.08 Å². The zero-order valence-corrected chi connectivity index (χ0v) is 15.4. The molecular formula is C20H31FO5. The largest absolute Gasteiger partial charge is 0.481 e.